The van der Waals surface area contributed by atoms with Crippen LogP contribution in [0.15, 0.2) is 30.3 Å². The molecule has 96 valence electrons. The van der Waals surface area contributed by atoms with Crippen molar-refractivity contribution in [2.24, 2.45) is 11.8 Å². The van der Waals surface area contributed by atoms with E-state index in [2.05, 4.69) is 0 Å². The molecule has 2 bridgehead atoms. The molecular formula is C14H17NO3. The van der Waals surface area contributed by atoms with Gasteiger partial charge in [0.1, 0.15) is 6.61 Å². The third-order valence-electron chi connectivity index (χ3n) is 4.13. The van der Waals surface area contributed by atoms with Crippen LogP contribution in [0.4, 0.5) is 4.79 Å². The van der Waals surface area contributed by atoms with E-state index in [1.807, 2.05) is 30.3 Å². The molecule has 3 aliphatic rings. The van der Waals surface area contributed by atoms with Crippen LogP contribution < -0.4 is 0 Å². The predicted octanol–water partition coefficient (Wildman–Crippen LogP) is 1.64. The average Bonchev–Trinajstić information content (AvgIpc) is 2.96. The van der Waals surface area contributed by atoms with E-state index < -0.39 is 0 Å². The fourth-order valence-electron chi connectivity index (χ4n) is 3.02. The van der Waals surface area contributed by atoms with Crippen LogP contribution in [-0.2, 0) is 11.3 Å². The second-order valence-corrected chi connectivity index (χ2v) is 5.10. The molecule has 1 N–H and O–H groups in total. The van der Waals surface area contributed by atoms with Crippen molar-refractivity contribution in [2.45, 2.75) is 19.1 Å². The van der Waals surface area contributed by atoms with E-state index in [1.165, 1.54) is 0 Å². The second-order valence-electron chi connectivity index (χ2n) is 5.10. The van der Waals surface area contributed by atoms with Gasteiger partial charge in [-0.1, -0.05) is 30.3 Å². The fourth-order valence-corrected chi connectivity index (χ4v) is 3.02. The van der Waals surface area contributed by atoms with Crippen LogP contribution in [0.25, 0.3) is 0 Å². The van der Waals surface area contributed by atoms with Crippen molar-refractivity contribution < 1.29 is 14.6 Å². The number of hydrogen-bond donors (Lipinski definition) is 1. The van der Waals surface area contributed by atoms with E-state index >= 15 is 0 Å². The van der Waals surface area contributed by atoms with Crippen LogP contribution in [0.3, 0.4) is 0 Å². The lowest BCUT2D eigenvalue weighted by Crippen LogP contribution is -2.43. The molecule has 1 aliphatic carbocycles. The molecule has 2 saturated heterocycles. The standard InChI is InChI=1S/C14H17NO3/c16-8-12-11-6-13(12)15(7-11)14(17)18-9-10-4-2-1-3-5-10/h1-5,11-13,16H,6-9H2/t11-,12+,13-/m0/s1. The highest BCUT2D eigenvalue weighted by Gasteiger charge is 2.53. The Morgan fingerprint density at radius 1 is 1.39 bits per heavy atom. The van der Waals surface area contributed by atoms with Crippen LogP contribution in [0, 0.1) is 11.8 Å². The average molecular weight is 247 g/mol. The minimum atomic E-state index is -0.248. The first-order valence-corrected chi connectivity index (χ1v) is 6.38. The van der Waals surface area contributed by atoms with E-state index in [1.54, 1.807) is 4.90 Å². The highest BCUT2D eigenvalue weighted by molar-refractivity contribution is 5.69. The summed E-state index contributed by atoms with van der Waals surface area (Å²) in [4.78, 5) is 13.7. The molecule has 3 atom stereocenters. The number of benzene rings is 1. The maximum absolute atomic E-state index is 11.9. The van der Waals surface area contributed by atoms with Crippen LogP contribution >= 0.6 is 0 Å². The van der Waals surface area contributed by atoms with Crippen molar-refractivity contribution in [1.82, 2.24) is 4.90 Å². The zero-order valence-electron chi connectivity index (χ0n) is 10.2. The first-order chi connectivity index (χ1) is 8.79. The zero-order valence-corrected chi connectivity index (χ0v) is 10.2. The normalized spacial score (nSPS) is 28.9. The summed E-state index contributed by atoms with van der Waals surface area (Å²) in [6.45, 7) is 1.23. The summed E-state index contributed by atoms with van der Waals surface area (Å²) in [6, 6.07) is 9.87. The van der Waals surface area contributed by atoms with E-state index in [9.17, 15) is 9.90 Å². The Labute approximate surface area is 106 Å². The van der Waals surface area contributed by atoms with Crippen LogP contribution in [0.2, 0.25) is 0 Å². The van der Waals surface area contributed by atoms with Gasteiger partial charge in [0.25, 0.3) is 0 Å². The summed E-state index contributed by atoms with van der Waals surface area (Å²) in [7, 11) is 0. The summed E-state index contributed by atoms with van der Waals surface area (Å²) in [5.74, 6) is 0.749. The van der Waals surface area contributed by atoms with Crippen molar-refractivity contribution in [3.05, 3.63) is 35.9 Å². The number of fused-ring (bicyclic) bond motifs is 1. The zero-order chi connectivity index (χ0) is 12.5. The number of nitrogens with zero attached hydrogens (tertiary/aromatic N) is 1. The van der Waals surface area contributed by atoms with Gasteiger partial charge in [-0.15, -0.1) is 0 Å². The van der Waals surface area contributed by atoms with Crippen LogP contribution in [0.5, 0.6) is 0 Å². The first kappa shape index (κ1) is 11.5. The van der Waals surface area contributed by atoms with Crippen LogP contribution in [0.1, 0.15) is 12.0 Å². The Morgan fingerprint density at radius 2 is 2.17 bits per heavy atom. The molecule has 3 fully saturated rings. The third-order valence-corrected chi connectivity index (χ3v) is 4.13. The maximum Gasteiger partial charge on any atom is 0.410 e. The van der Waals surface area contributed by atoms with E-state index in [0.29, 0.717) is 12.5 Å². The topological polar surface area (TPSA) is 49.8 Å². The van der Waals surface area contributed by atoms with Gasteiger partial charge in [-0.05, 0) is 17.9 Å². The molecule has 0 unspecified atom stereocenters. The number of amides is 1. The van der Waals surface area contributed by atoms with Gasteiger partial charge in [0, 0.05) is 25.1 Å². The van der Waals surface area contributed by atoms with E-state index in [4.69, 9.17) is 4.74 Å². The molecule has 4 rings (SSSR count). The number of aliphatic hydroxyl groups is 1. The number of hydrogen-bond acceptors (Lipinski definition) is 3. The number of ether oxygens (including phenoxy) is 1. The Hall–Kier alpha value is -1.55. The van der Waals surface area contributed by atoms with Crippen molar-refractivity contribution >= 4 is 6.09 Å². The molecule has 1 amide bonds. The Kier molecular flexibility index (Phi) is 2.96. The lowest BCUT2D eigenvalue weighted by Gasteiger charge is -2.34. The Morgan fingerprint density at radius 3 is 2.83 bits per heavy atom. The molecule has 0 aromatic heterocycles. The van der Waals surface area contributed by atoms with Gasteiger partial charge in [0.2, 0.25) is 0 Å². The quantitative estimate of drug-likeness (QED) is 0.883. The summed E-state index contributed by atoms with van der Waals surface area (Å²) >= 11 is 0. The minimum Gasteiger partial charge on any atom is -0.445 e. The summed E-state index contributed by atoms with van der Waals surface area (Å²) in [5, 5.41) is 9.20. The molecule has 2 heterocycles. The van der Waals surface area contributed by atoms with Gasteiger partial charge >= 0.3 is 6.09 Å². The molecule has 1 aromatic rings. The number of carbonyl (C=O) groups excluding carboxylic acids is 1. The van der Waals surface area contributed by atoms with Gasteiger partial charge in [0.05, 0.1) is 0 Å². The maximum atomic E-state index is 11.9. The molecule has 1 aromatic carbocycles. The monoisotopic (exact) mass is 247 g/mol. The van der Waals surface area contributed by atoms with Crippen molar-refractivity contribution in [2.75, 3.05) is 13.2 Å². The molecular weight excluding hydrogens is 230 g/mol. The molecule has 0 spiro atoms. The summed E-state index contributed by atoms with van der Waals surface area (Å²) in [6.07, 6.45) is 0.772. The van der Waals surface area contributed by atoms with E-state index in [0.717, 1.165) is 18.5 Å². The predicted molar refractivity (Wildman–Crippen MR) is 65.8 cm³/mol. The number of rotatable bonds is 3. The lowest BCUT2D eigenvalue weighted by molar-refractivity contribution is 0.0635. The van der Waals surface area contributed by atoms with Crippen molar-refractivity contribution in [3.8, 4) is 0 Å². The van der Waals surface area contributed by atoms with E-state index in [-0.39, 0.29) is 24.7 Å². The summed E-state index contributed by atoms with van der Waals surface area (Å²) < 4.78 is 5.31. The first-order valence-electron chi connectivity index (χ1n) is 6.38. The smallest absolute Gasteiger partial charge is 0.410 e. The van der Waals surface area contributed by atoms with Gasteiger partial charge in [-0.3, -0.25) is 0 Å². The molecule has 0 radical (unpaired) electrons. The second kappa shape index (κ2) is 4.61. The van der Waals surface area contributed by atoms with Crippen molar-refractivity contribution in [3.63, 3.8) is 0 Å². The molecule has 1 saturated carbocycles. The molecule has 4 nitrogen and oxygen atoms in total. The minimum absolute atomic E-state index is 0.178. The van der Waals surface area contributed by atoms with Crippen molar-refractivity contribution in [1.29, 1.82) is 0 Å². The largest absolute Gasteiger partial charge is 0.445 e. The molecule has 2 aliphatic heterocycles. The highest BCUT2D eigenvalue weighted by atomic mass is 16.6. The fraction of sp³-hybridized carbons (Fsp3) is 0.500. The van der Waals surface area contributed by atoms with Gasteiger partial charge in [-0.2, -0.15) is 0 Å². The highest BCUT2D eigenvalue weighted by Crippen LogP contribution is 2.46. The summed E-state index contributed by atoms with van der Waals surface area (Å²) in [5.41, 5.74) is 0.996. The third kappa shape index (κ3) is 1.86. The molecule has 4 heteroatoms. The number of carbonyl (C=O) groups is 1. The Bertz CT molecular complexity index is 434. The SMILES string of the molecule is O=C(OCc1ccccc1)N1C[C@@H]2C[C@H]1[C@@H]2CO. The van der Waals surface area contributed by atoms with Crippen LogP contribution in [-0.4, -0.2) is 35.3 Å². The lowest BCUT2D eigenvalue weighted by atomic mass is 9.74. The number of aliphatic hydroxyl groups excluding tert-OH is 1. The van der Waals surface area contributed by atoms with Gasteiger partial charge < -0.3 is 14.7 Å². The van der Waals surface area contributed by atoms with Gasteiger partial charge in [0.15, 0.2) is 0 Å². The Balaban J connectivity index is 1.54. The van der Waals surface area contributed by atoms with Gasteiger partial charge in [-0.25, -0.2) is 4.79 Å². The molecule has 18 heavy (non-hydrogen) atoms.